The first-order chi connectivity index (χ1) is 11.2. The van der Waals surface area contributed by atoms with Crippen molar-refractivity contribution in [2.75, 3.05) is 13.7 Å². The summed E-state index contributed by atoms with van der Waals surface area (Å²) in [4.78, 5) is 14.3. The first kappa shape index (κ1) is 15.4. The Bertz CT molecular complexity index is 683. The molecule has 0 radical (unpaired) electrons. The Labute approximate surface area is 135 Å². The molecule has 23 heavy (non-hydrogen) atoms. The van der Waals surface area contributed by atoms with Crippen molar-refractivity contribution in [3.8, 4) is 5.75 Å². The first-order valence-electron chi connectivity index (χ1n) is 7.78. The van der Waals surface area contributed by atoms with Crippen molar-refractivity contribution in [1.29, 1.82) is 0 Å². The Hall–Kier alpha value is -2.50. The number of methoxy groups -OCH3 is 1. The summed E-state index contributed by atoms with van der Waals surface area (Å²) >= 11 is 0. The average Bonchev–Trinajstić information content (AvgIpc) is 3.21. The molecule has 2 aromatic rings. The quantitative estimate of drug-likeness (QED) is 0.941. The molecule has 2 heterocycles. The largest absolute Gasteiger partial charge is 0.497 e. The molecule has 2 amide bonds. The van der Waals surface area contributed by atoms with Gasteiger partial charge in [0.25, 0.3) is 0 Å². The van der Waals surface area contributed by atoms with E-state index in [2.05, 4.69) is 10.5 Å². The standard InChI is InChI=1S/C17H21N3O3/c1-12-9-15(19-23-12)16-7-4-8-20(16)17(21)18-11-13-5-3-6-14(10-13)22-2/h3,5-6,9-10,16H,4,7-8,11H2,1-2H3,(H,18,21)/t16-/m0/s1. The van der Waals surface area contributed by atoms with Crippen molar-refractivity contribution >= 4 is 6.03 Å². The fourth-order valence-corrected chi connectivity index (χ4v) is 2.92. The summed E-state index contributed by atoms with van der Waals surface area (Å²) in [5.41, 5.74) is 1.84. The van der Waals surface area contributed by atoms with Crippen LogP contribution in [0, 0.1) is 6.92 Å². The van der Waals surface area contributed by atoms with E-state index >= 15 is 0 Å². The third-order valence-corrected chi connectivity index (χ3v) is 4.08. The molecule has 1 N–H and O–H groups in total. The maximum Gasteiger partial charge on any atom is 0.318 e. The summed E-state index contributed by atoms with van der Waals surface area (Å²) < 4.78 is 10.3. The molecule has 1 atom stereocenters. The molecule has 1 fully saturated rings. The SMILES string of the molecule is COc1cccc(CNC(=O)N2CCC[C@H]2c2cc(C)on2)c1. The van der Waals surface area contributed by atoms with E-state index in [0.29, 0.717) is 6.54 Å². The van der Waals surface area contributed by atoms with Gasteiger partial charge in [0.05, 0.1) is 13.2 Å². The average molecular weight is 315 g/mol. The summed E-state index contributed by atoms with van der Waals surface area (Å²) in [6.45, 7) is 3.07. The normalized spacial score (nSPS) is 17.3. The molecule has 6 heteroatoms. The van der Waals surface area contributed by atoms with Gasteiger partial charge in [0.2, 0.25) is 0 Å². The number of carbonyl (C=O) groups excluding carboxylic acids is 1. The van der Waals surface area contributed by atoms with Gasteiger partial charge in [0.15, 0.2) is 0 Å². The predicted molar refractivity (Wildman–Crippen MR) is 85.2 cm³/mol. The number of carbonyl (C=O) groups is 1. The van der Waals surface area contributed by atoms with Crippen LogP contribution in [-0.4, -0.2) is 29.7 Å². The van der Waals surface area contributed by atoms with Gasteiger partial charge in [-0.1, -0.05) is 17.3 Å². The van der Waals surface area contributed by atoms with Gasteiger partial charge in [0.1, 0.15) is 17.2 Å². The van der Waals surface area contributed by atoms with Crippen LogP contribution in [0.5, 0.6) is 5.75 Å². The Morgan fingerprint density at radius 1 is 1.48 bits per heavy atom. The molecule has 1 aliphatic rings. The molecule has 1 saturated heterocycles. The Morgan fingerprint density at radius 3 is 3.09 bits per heavy atom. The minimum absolute atomic E-state index is 0.00207. The lowest BCUT2D eigenvalue weighted by Crippen LogP contribution is -2.39. The summed E-state index contributed by atoms with van der Waals surface area (Å²) in [5, 5.41) is 7.03. The number of likely N-dealkylation sites (tertiary alicyclic amines) is 1. The zero-order valence-corrected chi connectivity index (χ0v) is 13.4. The van der Waals surface area contributed by atoms with E-state index in [4.69, 9.17) is 9.26 Å². The zero-order valence-electron chi connectivity index (χ0n) is 13.4. The van der Waals surface area contributed by atoms with Gasteiger partial charge in [-0.25, -0.2) is 4.79 Å². The van der Waals surface area contributed by atoms with Crippen LogP contribution < -0.4 is 10.1 Å². The van der Waals surface area contributed by atoms with E-state index < -0.39 is 0 Å². The van der Waals surface area contributed by atoms with E-state index in [1.807, 2.05) is 42.2 Å². The van der Waals surface area contributed by atoms with Crippen molar-refractivity contribution in [1.82, 2.24) is 15.4 Å². The highest BCUT2D eigenvalue weighted by Gasteiger charge is 2.31. The molecule has 0 bridgehead atoms. The number of benzene rings is 1. The van der Waals surface area contributed by atoms with Crippen LogP contribution in [0.4, 0.5) is 4.79 Å². The Morgan fingerprint density at radius 2 is 2.35 bits per heavy atom. The molecule has 0 aliphatic carbocycles. The number of aromatic nitrogens is 1. The molecule has 1 aromatic carbocycles. The van der Waals surface area contributed by atoms with Gasteiger partial charge < -0.3 is 19.5 Å². The second kappa shape index (κ2) is 6.73. The molecule has 1 aliphatic heterocycles. The number of hydrogen-bond donors (Lipinski definition) is 1. The summed E-state index contributed by atoms with van der Waals surface area (Å²) in [6.07, 6.45) is 1.89. The minimum Gasteiger partial charge on any atom is -0.497 e. The van der Waals surface area contributed by atoms with E-state index in [1.165, 1.54) is 0 Å². The van der Waals surface area contributed by atoms with Crippen LogP contribution in [0.15, 0.2) is 34.9 Å². The van der Waals surface area contributed by atoms with Gasteiger partial charge in [0, 0.05) is 19.2 Å². The first-order valence-corrected chi connectivity index (χ1v) is 7.78. The molecule has 3 rings (SSSR count). The third-order valence-electron chi connectivity index (χ3n) is 4.08. The molecule has 0 saturated carbocycles. The third kappa shape index (κ3) is 3.47. The lowest BCUT2D eigenvalue weighted by Gasteiger charge is -2.23. The van der Waals surface area contributed by atoms with Crippen LogP contribution >= 0.6 is 0 Å². The van der Waals surface area contributed by atoms with Crippen LogP contribution in [0.2, 0.25) is 0 Å². The van der Waals surface area contributed by atoms with Gasteiger partial charge in [-0.05, 0) is 37.5 Å². The zero-order chi connectivity index (χ0) is 16.2. The van der Waals surface area contributed by atoms with Gasteiger partial charge in [-0.3, -0.25) is 0 Å². The summed E-state index contributed by atoms with van der Waals surface area (Å²) in [6, 6.07) is 9.51. The van der Waals surface area contributed by atoms with Gasteiger partial charge in [-0.15, -0.1) is 0 Å². The van der Waals surface area contributed by atoms with Crippen molar-refractivity contribution in [3.63, 3.8) is 0 Å². The molecule has 6 nitrogen and oxygen atoms in total. The molecule has 122 valence electrons. The predicted octanol–water partition coefficient (Wildman–Crippen LogP) is 3.04. The van der Waals surface area contributed by atoms with Crippen molar-refractivity contribution in [2.45, 2.75) is 32.4 Å². The fraction of sp³-hybridized carbons (Fsp3) is 0.412. The van der Waals surface area contributed by atoms with Crippen molar-refractivity contribution in [2.24, 2.45) is 0 Å². The number of nitrogens with one attached hydrogen (secondary N) is 1. The maximum atomic E-state index is 12.5. The highest BCUT2D eigenvalue weighted by Crippen LogP contribution is 2.31. The molecule has 0 spiro atoms. The lowest BCUT2D eigenvalue weighted by molar-refractivity contribution is 0.190. The van der Waals surface area contributed by atoms with Crippen LogP contribution in [0.1, 0.15) is 35.9 Å². The number of amides is 2. The lowest BCUT2D eigenvalue weighted by atomic mass is 10.1. The smallest absolute Gasteiger partial charge is 0.318 e. The number of aryl methyl sites for hydroxylation is 1. The van der Waals surface area contributed by atoms with E-state index in [-0.39, 0.29) is 12.1 Å². The highest BCUT2D eigenvalue weighted by molar-refractivity contribution is 5.75. The number of ether oxygens (including phenoxy) is 1. The minimum atomic E-state index is -0.0732. The second-order valence-electron chi connectivity index (χ2n) is 5.72. The van der Waals surface area contributed by atoms with Crippen LogP contribution in [0.3, 0.4) is 0 Å². The van der Waals surface area contributed by atoms with Crippen molar-refractivity contribution in [3.05, 3.63) is 47.3 Å². The number of rotatable bonds is 4. The number of hydrogen-bond acceptors (Lipinski definition) is 4. The molecule has 0 unspecified atom stereocenters. The van der Waals surface area contributed by atoms with Crippen molar-refractivity contribution < 1.29 is 14.1 Å². The molecule has 1 aromatic heterocycles. The second-order valence-corrected chi connectivity index (χ2v) is 5.72. The molecular formula is C17H21N3O3. The Balaban J connectivity index is 1.63. The van der Waals surface area contributed by atoms with E-state index in [1.54, 1.807) is 7.11 Å². The summed E-state index contributed by atoms with van der Waals surface area (Å²) in [7, 11) is 1.63. The topological polar surface area (TPSA) is 67.6 Å². The van der Waals surface area contributed by atoms with E-state index in [9.17, 15) is 4.79 Å². The maximum absolute atomic E-state index is 12.5. The molecular weight excluding hydrogens is 294 g/mol. The van der Waals surface area contributed by atoms with E-state index in [0.717, 1.165) is 42.2 Å². The number of urea groups is 1. The highest BCUT2D eigenvalue weighted by atomic mass is 16.5. The van der Waals surface area contributed by atoms with Gasteiger partial charge in [-0.2, -0.15) is 0 Å². The monoisotopic (exact) mass is 315 g/mol. The number of nitrogens with zero attached hydrogens (tertiary/aromatic N) is 2. The van der Waals surface area contributed by atoms with Crippen LogP contribution in [-0.2, 0) is 6.54 Å². The van der Waals surface area contributed by atoms with Crippen LogP contribution in [0.25, 0.3) is 0 Å². The Kier molecular flexibility index (Phi) is 4.50. The summed E-state index contributed by atoms with van der Waals surface area (Å²) in [5.74, 6) is 1.55. The fourth-order valence-electron chi connectivity index (χ4n) is 2.92. The van der Waals surface area contributed by atoms with Gasteiger partial charge >= 0.3 is 6.03 Å².